The molecular weight excluding hydrogens is 569 g/mol. The molecule has 0 aliphatic carbocycles. The zero-order chi connectivity index (χ0) is 29.6. The van der Waals surface area contributed by atoms with Gasteiger partial charge in [-0.05, 0) is 73.7 Å². The molecule has 1 N–H and O–H groups in total. The lowest BCUT2D eigenvalue weighted by Gasteiger charge is -2.32. The molecule has 1 unspecified atom stereocenters. The van der Waals surface area contributed by atoms with Gasteiger partial charge in [0.2, 0.25) is 11.8 Å². The van der Waals surface area contributed by atoms with E-state index in [0.717, 1.165) is 15.4 Å². The Morgan fingerprint density at radius 2 is 1.57 bits per heavy atom. The van der Waals surface area contributed by atoms with Gasteiger partial charge in [-0.25, -0.2) is 8.42 Å². The molecule has 0 aromatic heterocycles. The smallest absolute Gasteiger partial charge is 0.264 e. The van der Waals surface area contributed by atoms with Crippen molar-refractivity contribution in [1.29, 1.82) is 0 Å². The van der Waals surface area contributed by atoms with Crippen molar-refractivity contribution in [1.82, 2.24) is 10.2 Å². The van der Waals surface area contributed by atoms with Crippen LogP contribution in [0.25, 0.3) is 0 Å². The zero-order valence-corrected chi connectivity index (χ0v) is 25.6. The van der Waals surface area contributed by atoms with Crippen molar-refractivity contribution in [2.75, 3.05) is 17.4 Å². The van der Waals surface area contributed by atoms with Crippen LogP contribution in [0.3, 0.4) is 0 Å². The summed E-state index contributed by atoms with van der Waals surface area (Å²) in [5.41, 5.74) is 2.65. The lowest BCUT2D eigenvalue weighted by Crippen LogP contribution is -2.51. The minimum Gasteiger partial charge on any atom is -0.354 e. The van der Waals surface area contributed by atoms with E-state index in [0.29, 0.717) is 27.8 Å². The first-order valence-electron chi connectivity index (χ1n) is 13.0. The first kappa shape index (κ1) is 31.5. The second kappa shape index (κ2) is 13.5. The van der Waals surface area contributed by atoms with E-state index < -0.39 is 28.5 Å². The number of carbonyl (C=O) groups is 2. The van der Waals surface area contributed by atoms with E-state index in [2.05, 4.69) is 5.32 Å². The Balaban J connectivity index is 2.06. The first-order valence-corrected chi connectivity index (χ1v) is 15.2. The molecule has 10 heteroatoms. The van der Waals surface area contributed by atoms with E-state index in [1.807, 2.05) is 33.8 Å². The third kappa shape index (κ3) is 7.56. The Bertz CT molecular complexity index is 1460. The van der Waals surface area contributed by atoms with Crippen LogP contribution < -0.4 is 9.62 Å². The van der Waals surface area contributed by atoms with Crippen LogP contribution in [0, 0.1) is 19.8 Å². The number of carbonyl (C=O) groups excluding carboxylic acids is 2. The maximum absolute atomic E-state index is 14.0. The van der Waals surface area contributed by atoms with Crippen LogP contribution in [-0.4, -0.2) is 44.3 Å². The Kier molecular flexibility index (Phi) is 10.6. The van der Waals surface area contributed by atoms with Gasteiger partial charge < -0.3 is 10.2 Å². The number of rotatable bonds is 11. The molecule has 0 aliphatic heterocycles. The van der Waals surface area contributed by atoms with Crippen molar-refractivity contribution in [3.63, 3.8) is 0 Å². The van der Waals surface area contributed by atoms with Crippen molar-refractivity contribution in [2.24, 2.45) is 5.92 Å². The molecule has 0 heterocycles. The van der Waals surface area contributed by atoms with Crippen molar-refractivity contribution in [3.8, 4) is 0 Å². The topological polar surface area (TPSA) is 86.8 Å². The summed E-state index contributed by atoms with van der Waals surface area (Å²) in [5.74, 6) is -0.670. The fourth-order valence-corrected chi connectivity index (χ4v) is 5.92. The van der Waals surface area contributed by atoms with E-state index in [1.54, 1.807) is 55.5 Å². The summed E-state index contributed by atoms with van der Waals surface area (Å²) < 4.78 is 29.0. The Hall–Kier alpha value is -3.07. The van der Waals surface area contributed by atoms with Crippen molar-refractivity contribution < 1.29 is 18.0 Å². The first-order chi connectivity index (χ1) is 18.8. The molecule has 3 aromatic rings. The van der Waals surface area contributed by atoms with Gasteiger partial charge in [0.1, 0.15) is 12.6 Å². The van der Waals surface area contributed by atoms with Gasteiger partial charge in [0.05, 0.1) is 20.6 Å². The van der Waals surface area contributed by atoms with E-state index in [-0.39, 0.29) is 23.3 Å². The highest BCUT2D eigenvalue weighted by atomic mass is 35.5. The standard InChI is InChI=1S/C30H35Cl2N3O4S/c1-20(2)17-33-30(37)23(5)34(18-24-14-15-26(31)27(32)16-24)29(36)19-35(28-13-9-10-21(3)22(28)4)40(38,39)25-11-7-6-8-12-25/h6-16,20,23H,17-19H2,1-5H3,(H,33,37). The Labute approximate surface area is 247 Å². The minimum atomic E-state index is -4.13. The van der Waals surface area contributed by atoms with Gasteiger partial charge in [-0.3, -0.25) is 13.9 Å². The molecular formula is C30H35Cl2N3O4S. The highest BCUT2D eigenvalue weighted by Gasteiger charge is 2.33. The van der Waals surface area contributed by atoms with Crippen LogP contribution in [-0.2, 0) is 26.2 Å². The number of hydrogen-bond donors (Lipinski definition) is 1. The van der Waals surface area contributed by atoms with Gasteiger partial charge in [0.15, 0.2) is 0 Å². The highest BCUT2D eigenvalue weighted by molar-refractivity contribution is 7.92. The molecule has 214 valence electrons. The van der Waals surface area contributed by atoms with E-state index in [1.165, 1.54) is 17.0 Å². The molecule has 7 nitrogen and oxygen atoms in total. The van der Waals surface area contributed by atoms with Crippen LogP contribution in [0.5, 0.6) is 0 Å². The van der Waals surface area contributed by atoms with Crippen LogP contribution >= 0.6 is 23.2 Å². The Morgan fingerprint density at radius 1 is 0.900 bits per heavy atom. The van der Waals surface area contributed by atoms with E-state index in [4.69, 9.17) is 23.2 Å². The molecule has 0 radical (unpaired) electrons. The predicted octanol–water partition coefficient (Wildman–Crippen LogP) is 6.00. The molecule has 3 rings (SSSR count). The second-order valence-corrected chi connectivity index (χ2v) is 12.8. The zero-order valence-electron chi connectivity index (χ0n) is 23.3. The molecule has 0 fully saturated rings. The molecule has 0 spiro atoms. The normalized spacial score (nSPS) is 12.2. The van der Waals surface area contributed by atoms with Gasteiger partial charge >= 0.3 is 0 Å². The summed E-state index contributed by atoms with van der Waals surface area (Å²) in [5, 5.41) is 3.54. The number of amides is 2. The molecule has 40 heavy (non-hydrogen) atoms. The number of benzene rings is 3. The molecule has 0 saturated carbocycles. The van der Waals surface area contributed by atoms with Gasteiger partial charge in [-0.1, -0.05) is 73.4 Å². The highest BCUT2D eigenvalue weighted by Crippen LogP contribution is 2.29. The monoisotopic (exact) mass is 603 g/mol. The van der Waals surface area contributed by atoms with Gasteiger partial charge in [-0.2, -0.15) is 0 Å². The van der Waals surface area contributed by atoms with Crippen LogP contribution in [0.15, 0.2) is 71.6 Å². The maximum atomic E-state index is 14.0. The van der Waals surface area contributed by atoms with Crippen molar-refractivity contribution >= 4 is 50.7 Å². The SMILES string of the molecule is Cc1cccc(N(CC(=O)N(Cc2ccc(Cl)c(Cl)c2)C(C)C(=O)NCC(C)C)S(=O)(=O)c2ccccc2)c1C. The molecule has 0 aliphatic rings. The fourth-order valence-electron chi connectivity index (χ4n) is 4.11. The molecule has 0 saturated heterocycles. The average Bonchev–Trinajstić information content (AvgIpc) is 2.92. The second-order valence-electron chi connectivity index (χ2n) is 10.1. The Morgan fingerprint density at radius 3 is 2.20 bits per heavy atom. The number of nitrogens with zero attached hydrogens (tertiary/aromatic N) is 2. The number of aryl methyl sites for hydroxylation is 1. The van der Waals surface area contributed by atoms with Gasteiger partial charge in [-0.15, -0.1) is 0 Å². The number of anilines is 1. The van der Waals surface area contributed by atoms with Crippen LogP contribution in [0.2, 0.25) is 10.0 Å². The summed E-state index contributed by atoms with van der Waals surface area (Å²) in [6.45, 7) is 9.22. The van der Waals surface area contributed by atoms with E-state index in [9.17, 15) is 18.0 Å². The largest absolute Gasteiger partial charge is 0.354 e. The van der Waals surface area contributed by atoms with E-state index >= 15 is 0 Å². The summed E-state index contributed by atoms with van der Waals surface area (Å²) >= 11 is 12.3. The summed E-state index contributed by atoms with van der Waals surface area (Å²) in [4.78, 5) is 28.5. The third-order valence-electron chi connectivity index (χ3n) is 6.64. The predicted molar refractivity (Wildman–Crippen MR) is 161 cm³/mol. The molecule has 3 aromatic carbocycles. The quantitative estimate of drug-likeness (QED) is 0.291. The average molecular weight is 605 g/mol. The number of halogens is 2. The minimum absolute atomic E-state index is 0.0258. The number of sulfonamides is 1. The van der Waals surface area contributed by atoms with Gasteiger partial charge in [0.25, 0.3) is 10.0 Å². The number of nitrogens with one attached hydrogen (secondary N) is 1. The van der Waals surface area contributed by atoms with Crippen LogP contribution in [0.4, 0.5) is 5.69 Å². The summed E-state index contributed by atoms with van der Waals surface area (Å²) in [7, 11) is -4.13. The lowest BCUT2D eigenvalue weighted by molar-refractivity contribution is -0.139. The molecule has 2 amide bonds. The number of hydrogen-bond acceptors (Lipinski definition) is 4. The summed E-state index contributed by atoms with van der Waals surface area (Å²) in [6, 6.07) is 17.4. The maximum Gasteiger partial charge on any atom is 0.264 e. The third-order valence-corrected chi connectivity index (χ3v) is 9.16. The van der Waals surface area contributed by atoms with Gasteiger partial charge in [0, 0.05) is 13.1 Å². The lowest BCUT2D eigenvalue weighted by atomic mass is 10.1. The van der Waals surface area contributed by atoms with Crippen molar-refractivity contribution in [2.45, 2.75) is 52.1 Å². The molecule has 1 atom stereocenters. The van der Waals surface area contributed by atoms with Crippen LogP contribution in [0.1, 0.15) is 37.5 Å². The summed E-state index contributed by atoms with van der Waals surface area (Å²) in [6.07, 6.45) is 0. The van der Waals surface area contributed by atoms with Crippen molar-refractivity contribution in [3.05, 3.63) is 93.5 Å². The molecule has 0 bridgehead atoms. The fraction of sp³-hybridized carbons (Fsp3) is 0.333.